The van der Waals surface area contributed by atoms with Gasteiger partial charge in [-0.3, -0.25) is 14.4 Å². The van der Waals surface area contributed by atoms with Crippen LogP contribution in [0.2, 0.25) is 0 Å². The number of carbonyl (C=O) groups excluding carboxylic acids is 3. The Kier molecular flexibility index (Phi) is 9.98. The highest BCUT2D eigenvalue weighted by atomic mass is 16.5. The fourth-order valence-electron chi connectivity index (χ4n) is 6.22. The van der Waals surface area contributed by atoms with E-state index in [0.29, 0.717) is 24.2 Å². The van der Waals surface area contributed by atoms with Crippen molar-refractivity contribution in [1.29, 1.82) is 0 Å². The molecule has 0 saturated heterocycles. The smallest absolute Gasteiger partial charge is 0.254 e. The van der Waals surface area contributed by atoms with Gasteiger partial charge in [0.15, 0.2) is 0 Å². The van der Waals surface area contributed by atoms with Crippen LogP contribution in [0.15, 0.2) is 103 Å². The van der Waals surface area contributed by atoms with Gasteiger partial charge < -0.3 is 20.7 Å². The van der Waals surface area contributed by atoms with Gasteiger partial charge in [-0.15, -0.1) is 0 Å². The first-order valence-corrected chi connectivity index (χ1v) is 15.7. The minimum Gasteiger partial charge on any atom is -0.457 e. The van der Waals surface area contributed by atoms with Crippen molar-refractivity contribution >= 4 is 23.4 Å². The molecule has 1 heterocycles. The van der Waals surface area contributed by atoms with Crippen LogP contribution in [-0.2, 0) is 20.9 Å². The Morgan fingerprint density at radius 1 is 0.844 bits per heavy atom. The van der Waals surface area contributed by atoms with Gasteiger partial charge in [0.1, 0.15) is 17.5 Å². The highest BCUT2D eigenvalue weighted by Gasteiger charge is 2.39. The first-order valence-electron chi connectivity index (χ1n) is 15.7. The number of rotatable bonds is 12. The first kappa shape index (κ1) is 31.5. The van der Waals surface area contributed by atoms with Gasteiger partial charge in [0, 0.05) is 17.4 Å². The number of hydrogen-bond donors (Lipinski definition) is 2. The van der Waals surface area contributed by atoms with Crippen LogP contribution in [-0.4, -0.2) is 17.7 Å². The third-order valence-electron chi connectivity index (χ3n) is 8.29. The van der Waals surface area contributed by atoms with Crippen LogP contribution in [0.1, 0.15) is 57.2 Å². The molecule has 45 heavy (non-hydrogen) atoms. The van der Waals surface area contributed by atoms with Crippen molar-refractivity contribution in [3.05, 3.63) is 114 Å². The van der Waals surface area contributed by atoms with Crippen molar-refractivity contribution in [3.63, 3.8) is 0 Å². The Labute approximate surface area is 265 Å². The van der Waals surface area contributed by atoms with Crippen LogP contribution in [0.4, 0.5) is 5.69 Å². The molecule has 4 aromatic rings. The molecule has 7 nitrogen and oxygen atoms in total. The van der Waals surface area contributed by atoms with E-state index in [-0.39, 0.29) is 24.3 Å². The van der Waals surface area contributed by atoms with E-state index in [4.69, 9.17) is 10.5 Å². The lowest BCUT2D eigenvalue weighted by Gasteiger charge is -2.30. The third-order valence-corrected chi connectivity index (χ3v) is 8.29. The van der Waals surface area contributed by atoms with Gasteiger partial charge in [0.25, 0.3) is 5.91 Å². The number of benzene rings is 4. The number of hydrogen-bond acceptors (Lipinski definition) is 4. The number of amides is 3. The molecule has 0 aliphatic carbocycles. The SMILES string of the molecule is CCC[C@H](C(N)=O)[C@@H](CC(C)C)C(=O)NC1C(=O)N(Cc2cccc(Oc3ccccc3)c2)c2ccccc2-c2ccccc21. The zero-order valence-electron chi connectivity index (χ0n) is 26.1. The monoisotopic (exact) mass is 603 g/mol. The quantitative estimate of drug-likeness (QED) is 0.176. The molecule has 0 aromatic heterocycles. The van der Waals surface area contributed by atoms with Crippen LogP contribution in [0.3, 0.4) is 0 Å². The maximum atomic E-state index is 14.6. The molecular formula is C38H41N3O4. The number of carbonyl (C=O) groups is 3. The summed E-state index contributed by atoms with van der Waals surface area (Å²) in [4.78, 5) is 43.0. The zero-order chi connectivity index (χ0) is 31.9. The van der Waals surface area contributed by atoms with E-state index in [1.165, 1.54) is 0 Å². The second-order valence-electron chi connectivity index (χ2n) is 12.1. The minimum absolute atomic E-state index is 0.155. The number of ether oxygens (including phenoxy) is 1. The number of primary amides is 1. The highest BCUT2D eigenvalue weighted by molar-refractivity contribution is 6.06. The maximum absolute atomic E-state index is 14.6. The van der Waals surface area contributed by atoms with E-state index in [2.05, 4.69) is 5.32 Å². The zero-order valence-corrected chi connectivity index (χ0v) is 26.1. The van der Waals surface area contributed by atoms with E-state index in [1.54, 1.807) is 4.90 Å². The Hall–Kier alpha value is -4.91. The van der Waals surface area contributed by atoms with Gasteiger partial charge in [0.2, 0.25) is 11.8 Å². The van der Waals surface area contributed by atoms with Crippen molar-refractivity contribution in [3.8, 4) is 22.6 Å². The molecule has 3 amide bonds. The van der Waals surface area contributed by atoms with E-state index >= 15 is 0 Å². The van der Waals surface area contributed by atoms with Gasteiger partial charge in [-0.1, -0.05) is 100.0 Å². The Bertz CT molecular complexity index is 1650. The molecule has 1 unspecified atom stereocenters. The normalized spacial score (nSPS) is 15.4. The molecule has 3 N–H and O–H groups in total. The lowest BCUT2D eigenvalue weighted by Crippen LogP contribution is -2.47. The van der Waals surface area contributed by atoms with Gasteiger partial charge in [-0.05, 0) is 65.8 Å². The molecule has 7 heteroatoms. The Morgan fingerprint density at radius 2 is 1.51 bits per heavy atom. The number of nitrogens with two attached hydrogens (primary N) is 1. The molecule has 1 aliphatic heterocycles. The molecule has 3 atom stereocenters. The Morgan fingerprint density at radius 3 is 2.22 bits per heavy atom. The molecule has 0 bridgehead atoms. The van der Waals surface area contributed by atoms with E-state index in [9.17, 15) is 14.4 Å². The van der Waals surface area contributed by atoms with Gasteiger partial charge in [-0.2, -0.15) is 0 Å². The summed E-state index contributed by atoms with van der Waals surface area (Å²) >= 11 is 0. The molecule has 0 radical (unpaired) electrons. The standard InChI is InChI=1S/C38H41N3O4/c1-4-13-32(36(39)42)33(22-25(2)3)37(43)40-35-31-20-9-8-18-29(31)30-19-10-11-21-34(30)41(38(35)44)24-26-14-12-17-28(23-26)45-27-15-6-5-7-16-27/h5-12,14-21,23,25,32-33,35H,4,13,22,24H2,1-3H3,(H2,39,42)(H,40,43)/t32-,33+,35?/m0/s1. The molecule has 5 rings (SSSR count). The summed E-state index contributed by atoms with van der Waals surface area (Å²) in [5.74, 6) is -0.811. The predicted molar refractivity (Wildman–Crippen MR) is 177 cm³/mol. The van der Waals surface area contributed by atoms with Crippen LogP contribution in [0.25, 0.3) is 11.1 Å². The largest absolute Gasteiger partial charge is 0.457 e. The molecule has 232 valence electrons. The van der Waals surface area contributed by atoms with Crippen LogP contribution >= 0.6 is 0 Å². The summed E-state index contributed by atoms with van der Waals surface area (Å²) in [6, 6.07) is 31.7. The number of anilines is 1. The lowest BCUT2D eigenvalue weighted by molar-refractivity contribution is -0.136. The number of nitrogens with one attached hydrogen (secondary N) is 1. The molecule has 0 saturated carbocycles. The van der Waals surface area contributed by atoms with Crippen molar-refractivity contribution in [2.24, 2.45) is 23.5 Å². The summed E-state index contributed by atoms with van der Waals surface area (Å²) in [5, 5.41) is 3.10. The fourth-order valence-corrected chi connectivity index (χ4v) is 6.22. The average molecular weight is 604 g/mol. The minimum atomic E-state index is -0.963. The van der Waals surface area contributed by atoms with Crippen molar-refractivity contribution in [1.82, 2.24) is 5.32 Å². The lowest BCUT2D eigenvalue weighted by atomic mass is 9.81. The van der Waals surface area contributed by atoms with Crippen LogP contribution < -0.4 is 20.7 Å². The number of fused-ring (bicyclic) bond motifs is 3. The second kappa shape index (κ2) is 14.2. The van der Waals surface area contributed by atoms with Crippen molar-refractivity contribution in [2.45, 2.75) is 52.6 Å². The first-order chi connectivity index (χ1) is 21.8. The van der Waals surface area contributed by atoms with Gasteiger partial charge in [0.05, 0.1) is 12.2 Å². The molecule has 0 fully saturated rings. The summed E-state index contributed by atoms with van der Waals surface area (Å²) in [6.07, 6.45) is 1.71. The Balaban J connectivity index is 1.53. The summed E-state index contributed by atoms with van der Waals surface area (Å²) in [5.41, 5.74) is 9.92. The number of para-hydroxylation sites is 2. The van der Waals surface area contributed by atoms with Crippen molar-refractivity contribution in [2.75, 3.05) is 4.90 Å². The van der Waals surface area contributed by atoms with E-state index in [0.717, 1.165) is 34.5 Å². The van der Waals surface area contributed by atoms with Crippen molar-refractivity contribution < 1.29 is 19.1 Å². The summed E-state index contributed by atoms with van der Waals surface area (Å²) < 4.78 is 6.07. The summed E-state index contributed by atoms with van der Waals surface area (Å²) in [6.45, 7) is 6.27. The molecule has 4 aromatic carbocycles. The fraction of sp³-hybridized carbons (Fsp3) is 0.289. The van der Waals surface area contributed by atoms with Gasteiger partial charge >= 0.3 is 0 Å². The van der Waals surface area contributed by atoms with E-state index < -0.39 is 23.8 Å². The summed E-state index contributed by atoms with van der Waals surface area (Å²) in [7, 11) is 0. The molecule has 0 spiro atoms. The average Bonchev–Trinajstić information content (AvgIpc) is 3.12. The predicted octanol–water partition coefficient (Wildman–Crippen LogP) is 7.41. The second-order valence-corrected chi connectivity index (χ2v) is 12.1. The number of nitrogens with zero attached hydrogens (tertiary/aromatic N) is 1. The third kappa shape index (κ3) is 7.26. The molecule has 1 aliphatic rings. The van der Waals surface area contributed by atoms with Gasteiger partial charge in [-0.25, -0.2) is 0 Å². The maximum Gasteiger partial charge on any atom is 0.254 e. The highest BCUT2D eigenvalue weighted by Crippen LogP contribution is 2.41. The molecular weight excluding hydrogens is 562 g/mol. The van der Waals surface area contributed by atoms with Crippen LogP contribution in [0, 0.1) is 17.8 Å². The van der Waals surface area contributed by atoms with E-state index in [1.807, 2.05) is 124 Å². The topological polar surface area (TPSA) is 102 Å². The van der Waals surface area contributed by atoms with Crippen LogP contribution in [0.5, 0.6) is 11.5 Å².